The molecule has 0 unspecified atom stereocenters. The van der Waals surface area contributed by atoms with Crippen molar-refractivity contribution in [1.82, 2.24) is 52.1 Å². The topological polar surface area (TPSA) is 280 Å². The lowest BCUT2D eigenvalue weighted by Crippen LogP contribution is -2.63. The molecule has 5 heterocycles. The molecule has 2 aromatic heterocycles. The van der Waals surface area contributed by atoms with Crippen LogP contribution in [0.3, 0.4) is 0 Å². The van der Waals surface area contributed by atoms with Crippen LogP contribution in [0.25, 0.3) is 10.9 Å². The van der Waals surface area contributed by atoms with E-state index in [0.717, 1.165) is 22.0 Å². The number of rotatable bonds is 17. The molecule has 7 amide bonds. The summed E-state index contributed by atoms with van der Waals surface area (Å²) in [5.74, 6) is -4.12. The third-order valence-electron chi connectivity index (χ3n) is 15.8. The Labute approximate surface area is 487 Å². The predicted molar refractivity (Wildman–Crippen MR) is 312 cm³/mol. The molecule has 0 radical (unpaired) electrons. The smallest absolute Gasteiger partial charge is 0.407 e. The molecule has 83 heavy (non-hydrogen) atoms. The molecule has 9 rings (SSSR count). The highest BCUT2D eigenvalue weighted by atomic mass is 35.5. The third kappa shape index (κ3) is 16.0. The van der Waals surface area contributed by atoms with Crippen LogP contribution in [0.5, 0.6) is 5.75 Å². The van der Waals surface area contributed by atoms with Crippen LogP contribution in [0.15, 0.2) is 134 Å². The number of alkyl carbamates (subject to hydrolysis) is 1. The monoisotopic (exact) mass is 1150 g/mol. The van der Waals surface area contributed by atoms with Crippen molar-refractivity contribution in [3.63, 3.8) is 0 Å². The van der Waals surface area contributed by atoms with Crippen LogP contribution in [-0.4, -0.2) is 131 Å². The quantitative estimate of drug-likeness (QED) is 0.0622. The number of piperidine rings is 1. The second-order valence-electron chi connectivity index (χ2n) is 21.6. The molecule has 8 atom stereocenters. The molecule has 0 spiro atoms. The molecule has 0 saturated carbocycles. The fourth-order valence-electron chi connectivity index (χ4n) is 11.2. The summed E-state index contributed by atoms with van der Waals surface area (Å²) in [6.45, 7) is 3.52. The number of pyridine rings is 1. The summed E-state index contributed by atoms with van der Waals surface area (Å²) in [6.07, 6.45) is 4.52. The van der Waals surface area contributed by atoms with Crippen LogP contribution in [0.2, 0.25) is 5.02 Å². The number of nitrogens with one attached hydrogen (secondary N) is 8. The van der Waals surface area contributed by atoms with E-state index in [0.29, 0.717) is 59.8 Å². The number of benzene rings is 4. The number of amides is 7. The van der Waals surface area contributed by atoms with Gasteiger partial charge in [-0.1, -0.05) is 97.4 Å². The average Bonchev–Trinajstić information content (AvgIpc) is 4.38. The number of nitrogens with zero attached hydrogens (tertiary/aromatic N) is 2. The molecule has 21 heteroatoms. The zero-order chi connectivity index (χ0) is 58.2. The van der Waals surface area contributed by atoms with E-state index >= 15 is 28.8 Å². The SMILES string of the molecule is C[C@@H](C1CCNCC1)[C@@H]1NC(=O)[C@@H](Cc2c[nH]c3ccccc23)NC(=O)[C@H](CCc2ccccc2)NC(=O)[C@@H]2C[C@@H](OC(=O)NCCN)CN2C(=O)[C@H](Cc2cccnc2)NC(=O)[C@H](Cc2ccc(OCc3ccc(Cl)cc3)cc2)NC1=O. The van der Waals surface area contributed by atoms with Gasteiger partial charge in [-0.15, -0.1) is 0 Å². The maximum Gasteiger partial charge on any atom is 0.407 e. The van der Waals surface area contributed by atoms with Crippen LogP contribution >= 0.6 is 11.6 Å². The summed E-state index contributed by atoms with van der Waals surface area (Å²) >= 11 is 6.10. The van der Waals surface area contributed by atoms with Gasteiger partial charge in [0.25, 0.3) is 0 Å². The first-order chi connectivity index (χ1) is 40.3. The van der Waals surface area contributed by atoms with Crippen LogP contribution in [0, 0.1) is 11.8 Å². The van der Waals surface area contributed by atoms with Crippen LogP contribution in [0.1, 0.15) is 60.4 Å². The number of para-hydroxylation sites is 1. The maximum absolute atomic E-state index is 15.5. The van der Waals surface area contributed by atoms with Crippen molar-refractivity contribution < 1.29 is 43.0 Å². The predicted octanol–water partition coefficient (Wildman–Crippen LogP) is 4.18. The summed E-state index contributed by atoms with van der Waals surface area (Å²) in [5, 5.41) is 22.3. The highest BCUT2D eigenvalue weighted by Crippen LogP contribution is 2.28. The normalized spacial score (nSPS) is 22.6. The average molecular weight is 1150 g/mol. The molecular formula is C62H72ClN11O9. The van der Waals surface area contributed by atoms with Gasteiger partial charge < -0.3 is 62.3 Å². The van der Waals surface area contributed by atoms with Gasteiger partial charge >= 0.3 is 6.09 Å². The molecule has 10 N–H and O–H groups in total. The van der Waals surface area contributed by atoms with E-state index in [1.165, 1.54) is 4.90 Å². The minimum absolute atomic E-state index is 0.0179. The molecule has 0 bridgehead atoms. The number of aryl methyl sites for hydroxylation is 1. The fourth-order valence-corrected chi connectivity index (χ4v) is 11.3. The first kappa shape index (κ1) is 59.3. The number of hydrogen-bond acceptors (Lipinski definition) is 12. The zero-order valence-corrected chi connectivity index (χ0v) is 47.1. The molecule has 436 valence electrons. The number of fused-ring (bicyclic) bond motifs is 2. The lowest BCUT2D eigenvalue weighted by molar-refractivity contribution is -0.143. The van der Waals surface area contributed by atoms with Gasteiger partial charge in [0.05, 0.1) is 6.54 Å². The standard InChI is InChI=1S/C62H72ClN11O9/c1-38(43-23-27-65-28-24-43)55-60(79)71-51(30-40-15-20-46(21-16-40)82-37-41-13-18-45(63)19-14-41)57(76)72-53(31-42-10-7-26-66-34-42)61(80)74-36-47(83-62(81)67-29-25-64)33-54(74)59(78)69-50(22-17-39-8-3-2-4-9-39)56(75)70-52(58(77)73-55)32-44-35-68-49-12-6-5-11-48(44)49/h2-16,18-21,26,34-35,38,43,47,50-55,65,68H,17,22-25,27-33,36-37,64H2,1H3,(H,67,81)(H,69,78)(H,70,75)(H,71,79)(H,72,76)(H,73,77)/t38-,47+,50-,51-,52+,53-,54-,55-/m0/s1. The largest absolute Gasteiger partial charge is 0.489 e. The number of carbonyl (C=O) groups is 7. The maximum atomic E-state index is 15.5. The number of nitrogens with two attached hydrogens (primary N) is 1. The molecule has 20 nitrogen and oxygen atoms in total. The van der Waals surface area contributed by atoms with Gasteiger partial charge in [0.2, 0.25) is 35.4 Å². The molecule has 4 aromatic carbocycles. The fraction of sp³-hybridized carbons (Fsp3) is 0.387. The Morgan fingerprint density at radius 2 is 1.36 bits per heavy atom. The van der Waals surface area contributed by atoms with Crippen molar-refractivity contribution in [2.75, 3.05) is 32.7 Å². The Morgan fingerprint density at radius 3 is 2.11 bits per heavy atom. The third-order valence-corrected chi connectivity index (χ3v) is 16.0. The number of H-pyrrole nitrogens is 1. The number of carbonyl (C=O) groups excluding carboxylic acids is 7. The van der Waals surface area contributed by atoms with E-state index in [1.54, 1.807) is 67.1 Å². The molecular weight excluding hydrogens is 1080 g/mol. The van der Waals surface area contributed by atoms with Crippen molar-refractivity contribution >= 4 is 64.0 Å². The van der Waals surface area contributed by atoms with Gasteiger partial charge in [-0.25, -0.2) is 4.79 Å². The Balaban J connectivity index is 1.11. The van der Waals surface area contributed by atoms with E-state index in [-0.39, 0.29) is 64.3 Å². The van der Waals surface area contributed by atoms with Gasteiger partial charge in [-0.3, -0.25) is 33.8 Å². The van der Waals surface area contributed by atoms with Gasteiger partial charge in [0.15, 0.2) is 0 Å². The molecule has 3 saturated heterocycles. The highest BCUT2D eigenvalue weighted by Gasteiger charge is 2.46. The first-order valence-electron chi connectivity index (χ1n) is 28.4. The van der Waals surface area contributed by atoms with Crippen molar-refractivity contribution in [1.29, 1.82) is 0 Å². The summed E-state index contributed by atoms with van der Waals surface area (Å²) < 4.78 is 11.9. The second-order valence-corrected chi connectivity index (χ2v) is 22.0. The van der Waals surface area contributed by atoms with Crippen LogP contribution in [-0.2, 0) is 65.8 Å². The lowest BCUT2D eigenvalue weighted by Gasteiger charge is -2.35. The van der Waals surface area contributed by atoms with E-state index in [9.17, 15) is 4.79 Å². The Morgan fingerprint density at radius 1 is 0.711 bits per heavy atom. The van der Waals surface area contributed by atoms with E-state index in [1.807, 2.05) is 73.7 Å². The Kier molecular flexibility index (Phi) is 20.4. The Hall–Kier alpha value is -8.33. The zero-order valence-electron chi connectivity index (χ0n) is 46.3. The second kappa shape index (κ2) is 28.6. The first-order valence-corrected chi connectivity index (χ1v) is 28.8. The van der Waals surface area contributed by atoms with E-state index in [2.05, 4.69) is 47.2 Å². The van der Waals surface area contributed by atoms with Gasteiger partial charge in [-0.05, 0) is 115 Å². The lowest BCUT2D eigenvalue weighted by atomic mass is 9.81. The summed E-state index contributed by atoms with van der Waals surface area (Å²) in [7, 11) is 0. The minimum atomic E-state index is -1.37. The summed E-state index contributed by atoms with van der Waals surface area (Å²) in [6, 6.07) is 26.9. The van der Waals surface area contributed by atoms with Crippen molar-refractivity contribution in [2.45, 2.75) is 107 Å². The van der Waals surface area contributed by atoms with Gasteiger partial charge in [0, 0.05) is 73.3 Å². The Bertz CT molecular complexity index is 3180. The molecule has 3 aliphatic rings. The highest BCUT2D eigenvalue weighted by molar-refractivity contribution is 6.30. The number of aromatic nitrogens is 2. The molecule has 6 aromatic rings. The van der Waals surface area contributed by atoms with Crippen LogP contribution in [0.4, 0.5) is 4.79 Å². The number of ether oxygens (including phenoxy) is 2. The number of aromatic amines is 1. The van der Waals surface area contributed by atoms with Crippen LogP contribution < -0.4 is 47.7 Å². The summed E-state index contributed by atoms with van der Waals surface area (Å²) in [5.41, 5.74) is 10.1. The minimum Gasteiger partial charge on any atom is -0.489 e. The van der Waals surface area contributed by atoms with Crippen molar-refractivity contribution in [3.8, 4) is 5.75 Å². The van der Waals surface area contributed by atoms with E-state index < -0.39 is 89.8 Å². The molecule has 3 aliphatic heterocycles. The van der Waals surface area contributed by atoms with Crippen molar-refractivity contribution in [3.05, 3.63) is 167 Å². The molecule has 3 fully saturated rings. The van der Waals surface area contributed by atoms with Gasteiger partial charge in [-0.2, -0.15) is 0 Å². The summed E-state index contributed by atoms with van der Waals surface area (Å²) in [4.78, 5) is 114. The van der Waals surface area contributed by atoms with E-state index in [4.69, 9.17) is 26.8 Å². The molecule has 0 aliphatic carbocycles. The van der Waals surface area contributed by atoms with Crippen molar-refractivity contribution in [2.24, 2.45) is 17.6 Å². The van der Waals surface area contributed by atoms with Gasteiger partial charge in [0.1, 0.15) is 54.7 Å². The number of halogens is 1. The number of hydrogen-bond donors (Lipinski definition) is 9.